The highest BCUT2D eigenvalue weighted by Gasteiger charge is 2.19. The van der Waals surface area contributed by atoms with Crippen LogP contribution in [0.3, 0.4) is 0 Å². The molecule has 0 saturated carbocycles. The molecule has 2 rings (SSSR count). The van der Waals surface area contributed by atoms with Gasteiger partial charge in [0.05, 0.1) is 7.11 Å². The molecule has 0 aromatic heterocycles. The summed E-state index contributed by atoms with van der Waals surface area (Å²) in [5, 5.41) is 14.9. The molecule has 0 fully saturated rings. The standard InChI is InChI=1S/C18H26N2O3/c1-13(9-14-4-7-17(23-2)8-5-14)11-19-18(22)20-16-6-3-15(10-16)12-21/h3-8,13,15-16,21H,9-12H2,1-2H3,(H2,19,20,22)/t13?,15-,16+/m0/s1. The van der Waals surface area contributed by atoms with Crippen molar-refractivity contribution in [1.29, 1.82) is 0 Å². The van der Waals surface area contributed by atoms with Crippen molar-refractivity contribution in [3.8, 4) is 5.75 Å². The van der Waals surface area contributed by atoms with Crippen molar-refractivity contribution < 1.29 is 14.6 Å². The number of nitrogens with one attached hydrogen (secondary N) is 2. The maximum Gasteiger partial charge on any atom is 0.315 e. The van der Waals surface area contributed by atoms with Crippen LogP contribution in [0.15, 0.2) is 36.4 Å². The lowest BCUT2D eigenvalue weighted by atomic mass is 10.0. The van der Waals surface area contributed by atoms with Crippen LogP contribution in [0.4, 0.5) is 4.79 Å². The van der Waals surface area contributed by atoms with E-state index < -0.39 is 0 Å². The van der Waals surface area contributed by atoms with Crippen LogP contribution >= 0.6 is 0 Å². The average molecular weight is 318 g/mol. The van der Waals surface area contributed by atoms with Crippen molar-refractivity contribution in [2.75, 3.05) is 20.3 Å². The van der Waals surface area contributed by atoms with E-state index in [2.05, 4.69) is 17.6 Å². The number of carbonyl (C=O) groups excluding carboxylic acids is 1. The molecule has 1 aromatic carbocycles. The highest BCUT2D eigenvalue weighted by molar-refractivity contribution is 5.74. The number of hydrogen-bond donors (Lipinski definition) is 3. The Labute approximate surface area is 137 Å². The molecule has 1 unspecified atom stereocenters. The van der Waals surface area contributed by atoms with Gasteiger partial charge in [-0.2, -0.15) is 0 Å². The Balaban J connectivity index is 1.68. The highest BCUT2D eigenvalue weighted by atomic mass is 16.5. The van der Waals surface area contributed by atoms with Gasteiger partial charge in [0.25, 0.3) is 0 Å². The fraction of sp³-hybridized carbons (Fsp3) is 0.500. The van der Waals surface area contributed by atoms with Crippen molar-refractivity contribution in [3.63, 3.8) is 0 Å². The lowest BCUT2D eigenvalue weighted by molar-refractivity contribution is 0.230. The average Bonchev–Trinajstić information content (AvgIpc) is 3.01. The Morgan fingerprint density at radius 2 is 2.09 bits per heavy atom. The van der Waals surface area contributed by atoms with Gasteiger partial charge in [-0.1, -0.05) is 31.2 Å². The molecule has 3 N–H and O–H groups in total. The lowest BCUT2D eigenvalue weighted by Crippen LogP contribution is -2.42. The number of aliphatic hydroxyl groups excluding tert-OH is 1. The maximum absolute atomic E-state index is 11.9. The molecule has 1 aromatic rings. The summed E-state index contributed by atoms with van der Waals surface area (Å²) in [5.74, 6) is 1.36. The monoisotopic (exact) mass is 318 g/mol. The molecule has 2 amide bonds. The molecule has 0 radical (unpaired) electrons. The van der Waals surface area contributed by atoms with Crippen LogP contribution in [0.25, 0.3) is 0 Å². The summed E-state index contributed by atoms with van der Waals surface area (Å²) in [6.07, 6.45) is 5.57. The van der Waals surface area contributed by atoms with Gasteiger partial charge in [0.1, 0.15) is 5.75 Å². The van der Waals surface area contributed by atoms with Gasteiger partial charge >= 0.3 is 6.03 Å². The van der Waals surface area contributed by atoms with Gasteiger partial charge in [0.15, 0.2) is 0 Å². The molecular weight excluding hydrogens is 292 g/mol. The fourth-order valence-electron chi connectivity index (χ4n) is 2.74. The number of carbonyl (C=O) groups is 1. The second-order valence-electron chi connectivity index (χ2n) is 6.18. The molecule has 3 atom stereocenters. The first kappa shape index (κ1) is 17.3. The molecule has 0 spiro atoms. The zero-order chi connectivity index (χ0) is 16.7. The number of benzene rings is 1. The van der Waals surface area contributed by atoms with E-state index in [1.165, 1.54) is 5.56 Å². The minimum atomic E-state index is -0.153. The van der Waals surface area contributed by atoms with Crippen molar-refractivity contribution in [3.05, 3.63) is 42.0 Å². The minimum absolute atomic E-state index is 0.0176. The third-order valence-electron chi connectivity index (χ3n) is 4.08. The smallest absolute Gasteiger partial charge is 0.315 e. The summed E-state index contributed by atoms with van der Waals surface area (Å²) in [6.45, 7) is 2.87. The van der Waals surface area contributed by atoms with Crippen molar-refractivity contribution in [1.82, 2.24) is 10.6 Å². The fourth-order valence-corrected chi connectivity index (χ4v) is 2.74. The van der Waals surface area contributed by atoms with Gasteiger partial charge < -0.3 is 20.5 Å². The van der Waals surface area contributed by atoms with E-state index in [0.29, 0.717) is 12.5 Å². The molecule has 5 heteroatoms. The summed E-state index contributed by atoms with van der Waals surface area (Å²) in [7, 11) is 1.66. The zero-order valence-corrected chi connectivity index (χ0v) is 13.8. The molecule has 23 heavy (non-hydrogen) atoms. The third-order valence-corrected chi connectivity index (χ3v) is 4.08. The number of ether oxygens (including phenoxy) is 1. The number of urea groups is 1. The molecule has 0 heterocycles. The van der Waals surface area contributed by atoms with Gasteiger partial charge in [0.2, 0.25) is 0 Å². The van der Waals surface area contributed by atoms with Crippen LogP contribution in [0.2, 0.25) is 0 Å². The zero-order valence-electron chi connectivity index (χ0n) is 13.8. The second kappa shape index (κ2) is 8.58. The number of aliphatic hydroxyl groups is 1. The van der Waals surface area contributed by atoms with E-state index in [9.17, 15) is 4.79 Å². The van der Waals surface area contributed by atoms with Gasteiger partial charge in [-0.15, -0.1) is 0 Å². The normalized spacial score (nSPS) is 21.0. The molecule has 1 aliphatic carbocycles. The highest BCUT2D eigenvalue weighted by Crippen LogP contribution is 2.17. The largest absolute Gasteiger partial charge is 0.497 e. The molecule has 0 aliphatic heterocycles. The second-order valence-corrected chi connectivity index (χ2v) is 6.18. The predicted octanol–water partition coefficient (Wildman–Crippen LogP) is 2.11. The summed E-state index contributed by atoms with van der Waals surface area (Å²) in [4.78, 5) is 11.9. The summed E-state index contributed by atoms with van der Waals surface area (Å²) < 4.78 is 5.15. The lowest BCUT2D eigenvalue weighted by Gasteiger charge is -2.16. The van der Waals surface area contributed by atoms with E-state index >= 15 is 0 Å². The van der Waals surface area contributed by atoms with Crippen LogP contribution in [-0.4, -0.2) is 37.4 Å². The Kier molecular flexibility index (Phi) is 6.47. The van der Waals surface area contributed by atoms with Gasteiger partial charge in [-0.3, -0.25) is 0 Å². The first-order chi connectivity index (χ1) is 11.1. The molecule has 0 bridgehead atoms. The van der Waals surface area contributed by atoms with Gasteiger partial charge in [-0.25, -0.2) is 4.79 Å². The quantitative estimate of drug-likeness (QED) is 0.674. The Morgan fingerprint density at radius 1 is 1.35 bits per heavy atom. The molecule has 0 saturated heterocycles. The van der Waals surface area contributed by atoms with Crippen LogP contribution in [-0.2, 0) is 6.42 Å². The van der Waals surface area contributed by atoms with E-state index in [4.69, 9.17) is 9.84 Å². The predicted molar refractivity (Wildman–Crippen MR) is 90.5 cm³/mol. The molecular formula is C18H26N2O3. The van der Waals surface area contributed by atoms with Crippen molar-refractivity contribution >= 4 is 6.03 Å². The van der Waals surface area contributed by atoms with Crippen LogP contribution in [0.5, 0.6) is 5.75 Å². The maximum atomic E-state index is 11.9. The van der Waals surface area contributed by atoms with E-state index in [1.54, 1.807) is 7.11 Å². The summed E-state index contributed by atoms with van der Waals surface area (Å²) in [6, 6.07) is 7.86. The molecule has 1 aliphatic rings. The SMILES string of the molecule is COc1ccc(CC(C)CNC(=O)N[C@@H]2C=C[C@H](CO)C2)cc1. The first-order valence-electron chi connectivity index (χ1n) is 8.07. The van der Waals surface area contributed by atoms with E-state index in [1.807, 2.05) is 36.4 Å². The first-order valence-corrected chi connectivity index (χ1v) is 8.07. The number of hydrogen-bond acceptors (Lipinski definition) is 3. The number of rotatable bonds is 7. The van der Waals surface area contributed by atoms with E-state index in [-0.39, 0.29) is 24.6 Å². The van der Waals surface area contributed by atoms with Gasteiger partial charge in [-0.05, 0) is 36.5 Å². The van der Waals surface area contributed by atoms with Crippen molar-refractivity contribution in [2.45, 2.75) is 25.8 Å². The number of methoxy groups -OCH3 is 1. The third kappa shape index (κ3) is 5.60. The minimum Gasteiger partial charge on any atom is -0.497 e. The Hall–Kier alpha value is -2.01. The van der Waals surface area contributed by atoms with Crippen molar-refractivity contribution in [2.24, 2.45) is 11.8 Å². The van der Waals surface area contributed by atoms with Crippen LogP contribution in [0, 0.1) is 11.8 Å². The van der Waals surface area contributed by atoms with Gasteiger partial charge in [0, 0.05) is 25.1 Å². The van der Waals surface area contributed by atoms with Crippen LogP contribution < -0.4 is 15.4 Å². The van der Waals surface area contributed by atoms with Crippen LogP contribution in [0.1, 0.15) is 18.9 Å². The summed E-state index contributed by atoms with van der Waals surface area (Å²) >= 11 is 0. The Bertz CT molecular complexity index is 528. The topological polar surface area (TPSA) is 70.6 Å². The summed E-state index contributed by atoms with van der Waals surface area (Å²) in [5.41, 5.74) is 1.23. The number of amides is 2. The Morgan fingerprint density at radius 3 is 2.70 bits per heavy atom. The molecule has 126 valence electrons. The molecule has 5 nitrogen and oxygen atoms in total. The van der Waals surface area contributed by atoms with E-state index in [0.717, 1.165) is 18.6 Å².